The van der Waals surface area contributed by atoms with Crippen LogP contribution in [0.5, 0.6) is 11.5 Å². The van der Waals surface area contributed by atoms with E-state index >= 15 is 0 Å². The highest BCUT2D eigenvalue weighted by atomic mass is 35.5. The lowest BCUT2D eigenvalue weighted by molar-refractivity contribution is -0.139. The van der Waals surface area contributed by atoms with Crippen LogP contribution in [0.25, 0.3) is 0 Å². The molecule has 0 aliphatic carbocycles. The molecular weight excluding hydrogens is 370 g/mol. The summed E-state index contributed by atoms with van der Waals surface area (Å²) in [6, 6.07) is 11.8. The third-order valence-electron chi connectivity index (χ3n) is 4.10. The number of rotatable bonds is 8. The summed E-state index contributed by atoms with van der Waals surface area (Å²) >= 11 is 6.24. The van der Waals surface area contributed by atoms with Crippen LogP contribution in [-0.4, -0.2) is 42.1 Å². The van der Waals surface area contributed by atoms with Gasteiger partial charge in [-0.05, 0) is 43.7 Å². The van der Waals surface area contributed by atoms with Crippen LogP contribution in [0.2, 0.25) is 5.02 Å². The molecule has 27 heavy (non-hydrogen) atoms. The molecule has 0 aromatic heterocycles. The molecule has 0 spiro atoms. The van der Waals surface area contributed by atoms with Crippen molar-refractivity contribution in [3.63, 3.8) is 0 Å². The first-order chi connectivity index (χ1) is 12.8. The lowest BCUT2D eigenvalue weighted by Gasteiger charge is -2.26. The molecule has 1 unspecified atom stereocenters. The number of nitrogens with zero attached hydrogens (tertiary/aromatic N) is 1. The van der Waals surface area contributed by atoms with Crippen LogP contribution in [0.15, 0.2) is 42.5 Å². The number of carbonyl (C=O) groups excluding carboxylic acids is 1. The van der Waals surface area contributed by atoms with Gasteiger partial charge in [0, 0.05) is 17.6 Å². The molecule has 1 amide bonds. The number of halogens is 1. The van der Waals surface area contributed by atoms with Gasteiger partial charge >= 0.3 is 5.97 Å². The number of ether oxygens (including phenoxy) is 2. The number of hydrogen-bond acceptors (Lipinski definition) is 4. The summed E-state index contributed by atoms with van der Waals surface area (Å²) in [7, 11) is 1.70. The predicted octanol–water partition coefficient (Wildman–Crippen LogP) is 4.04. The van der Waals surface area contributed by atoms with Crippen molar-refractivity contribution < 1.29 is 24.2 Å². The van der Waals surface area contributed by atoms with Crippen molar-refractivity contribution >= 4 is 23.5 Å². The summed E-state index contributed by atoms with van der Waals surface area (Å²) in [6.45, 7) is 3.55. The zero-order valence-electron chi connectivity index (χ0n) is 15.4. The molecule has 2 aromatic carbocycles. The van der Waals surface area contributed by atoms with Crippen molar-refractivity contribution in [2.24, 2.45) is 0 Å². The van der Waals surface area contributed by atoms with Gasteiger partial charge in [-0.2, -0.15) is 0 Å². The fourth-order valence-corrected chi connectivity index (χ4v) is 2.86. The Labute approximate surface area is 163 Å². The quantitative estimate of drug-likeness (QED) is 0.735. The van der Waals surface area contributed by atoms with Gasteiger partial charge in [-0.15, -0.1) is 0 Å². The van der Waals surface area contributed by atoms with Crippen LogP contribution in [0.3, 0.4) is 0 Å². The minimum absolute atomic E-state index is 0.215. The van der Waals surface area contributed by atoms with Crippen LogP contribution < -0.4 is 9.47 Å². The highest BCUT2D eigenvalue weighted by Crippen LogP contribution is 2.31. The maximum absolute atomic E-state index is 12.9. The Balaban J connectivity index is 2.25. The van der Waals surface area contributed by atoms with E-state index in [1.165, 1.54) is 6.07 Å². The van der Waals surface area contributed by atoms with E-state index < -0.39 is 12.6 Å². The summed E-state index contributed by atoms with van der Waals surface area (Å²) in [5.41, 5.74) is 1.25. The van der Waals surface area contributed by atoms with Gasteiger partial charge in [-0.25, -0.2) is 4.79 Å². The van der Waals surface area contributed by atoms with Gasteiger partial charge in [0.15, 0.2) is 18.1 Å². The first-order valence-corrected chi connectivity index (χ1v) is 8.86. The molecule has 2 rings (SSSR count). The Morgan fingerprint density at radius 1 is 1.15 bits per heavy atom. The molecule has 0 aliphatic heterocycles. The SMILES string of the molecule is CCOc1cc(C(=O)N(C)C(C)c2ccccc2Cl)ccc1OCC(=O)O. The van der Waals surface area contributed by atoms with Gasteiger partial charge < -0.3 is 19.5 Å². The van der Waals surface area contributed by atoms with Crippen LogP contribution in [0, 0.1) is 0 Å². The minimum Gasteiger partial charge on any atom is -0.490 e. The fourth-order valence-electron chi connectivity index (χ4n) is 2.57. The van der Waals surface area contributed by atoms with E-state index in [4.69, 9.17) is 26.2 Å². The van der Waals surface area contributed by atoms with E-state index in [9.17, 15) is 9.59 Å². The average Bonchev–Trinajstić information content (AvgIpc) is 2.65. The van der Waals surface area contributed by atoms with E-state index in [2.05, 4.69) is 0 Å². The normalized spacial score (nSPS) is 11.6. The number of aliphatic carboxylic acids is 1. The van der Waals surface area contributed by atoms with Crippen molar-refractivity contribution in [1.82, 2.24) is 4.90 Å². The molecule has 0 fully saturated rings. The summed E-state index contributed by atoms with van der Waals surface area (Å²) in [5, 5.41) is 9.36. The number of benzene rings is 2. The van der Waals surface area contributed by atoms with Gasteiger partial charge in [-0.1, -0.05) is 29.8 Å². The van der Waals surface area contributed by atoms with Crippen molar-refractivity contribution in [2.45, 2.75) is 19.9 Å². The Hall–Kier alpha value is -2.73. The second-order valence-electron chi connectivity index (χ2n) is 5.89. The fraction of sp³-hybridized carbons (Fsp3) is 0.300. The molecule has 144 valence electrons. The topological polar surface area (TPSA) is 76.1 Å². The summed E-state index contributed by atoms with van der Waals surface area (Å²) < 4.78 is 10.7. The highest BCUT2D eigenvalue weighted by Gasteiger charge is 2.22. The molecule has 0 saturated carbocycles. The maximum Gasteiger partial charge on any atom is 0.341 e. The Bertz CT molecular complexity index is 824. The lowest BCUT2D eigenvalue weighted by atomic mass is 10.1. The Morgan fingerprint density at radius 3 is 2.48 bits per heavy atom. The Morgan fingerprint density at radius 2 is 1.85 bits per heavy atom. The monoisotopic (exact) mass is 391 g/mol. The van der Waals surface area contributed by atoms with Crippen LogP contribution >= 0.6 is 11.6 Å². The van der Waals surface area contributed by atoms with E-state index in [-0.39, 0.29) is 17.7 Å². The van der Waals surface area contributed by atoms with Gasteiger partial charge in [0.1, 0.15) is 0 Å². The van der Waals surface area contributed by atoms with Crippen LogP contribution in [0.1, 0.15) is 35.8 Å². The zero-order valence-corrected chi connectivity index (χ0v) is 16.2. The minimum atomic E-state index is -1.09. The molecule has 0 bridgehead atoms. The number of hydrogen-bond donors (Lipinski definition) is 1. The van der Waals surface area contributed by atoms with E-state index in [0.717, 1.165) is 5.56 Å². The standard InChI is InChI=1S/C20H22ClNO5/c1-4-26-18-11-14(9-10-17(18)27-12-19(23)24)20(25)22(3)13(2)15-7-5-6-8-16(15)21/h5-11,13H,4,12H2,1-3H3,(H,23,24). The second-order valence-corrected chi connectivity index (χ2v) is 6.30. The zero-order chi connectivity index (χ0) is 20.0. The van der Waals surface area contributed by atoms with E-state index in [1.54, 1.807) is 37.1 Å². The van der Waals surface area contributed by atoms with Gasteiger partial charge in [0.2, 0.25) is 0 Å². The third-order valence-corrected chi connectivity index (χ3v) is 4.44. The van der Waals surface area contributed by atoms with Gasteiger partial charge in [0.25, 0.3) is 5.91 Å². The molecule has 0 saturated heterocycles. The van der Waals surface area contributed by atoms with Crippen molar-refractivity contribution in [1.29, 1.82) is 0 Å². The van der Waals surface area contributed by atoms with E-state index in [0.29, 0.717) is 22.9 Å². The third kappa shape index (κ3) is 5.14. The van der Waals surface area contributed by atoms with E-state index in [1.807, 2.05) is 25.1 Å². The summed E-state index contributed by atoms with van der Waals surface area (Å²) in [5.74, 6) is -0.708. The first-order valence-electron chi connectivity index (χ1n) is 8.48. The van der Waals surface area contributed by atoms with Crippen LogP contribution in [-0.2, 0) is 4.79 Å². The van der Waals surface area contributed by atoms with Crippen molar-refractivity contribution in [2.75, 3.05) is 20.3 Å². The predicted molar refractivity (Wildman–Crippen MR) is 103 cm³/mol. The number of carboxylic acid groups (broad SMARTS) is 1. The lowest BCUT2D eigenvalue weighted by Crippen LogP contribution is -2.29. The van der Waals surface area contributed by atoms with Crippen molar-refractivity contribution in [3.05, 3.63) is 58.6 Å². The molecule has 0 aliphatic rings. The maximum atomic E-state index is 12.9. The molecule has 6 nitrogen and oxygen atoms in total. The summed E-state index contributed by atoms with van der Waals surface area (Å²) in [4.78, 5) is 25.2. The smallest absolute Gasteiger partial charge is 0.341 e. The largest absolute Gasteiger partial charge is 0.490 e. The molecular formula is C20H22ClNO5. The molecule has 0 heterocycles. The van der Waals surface area contributed by atoms with Gasteiger partial charge in [0.05, 0.1) is 12.6 Å². The number of amides is 1. The number of carboxylic acids is 1. The molecule has 2 aromatic rings. The van der Waals surface area contributed by atoms with Gasteiger partial charge in [-0.3, -0.25) is 4.79 Å². The molecule has 0 radical (unpaired) electrons. The average molecular weight is 392 g/mol. The Kier molecular flexibility index (Phi) is 7.07. The first kappa shape index (κ1) is 20.6. The number of carbonyl (C=O) groups is 2. The second kappa shape index (κ2) is 9.28. The molecule has 7 heteroatoms. The molecule has 1 N–H and O–H groups in total. The highest BCUT2D eigenvalue weighted by molar-refractivity contribution is 6.31. The van der Waals surface area contributed by atoms with Crippen molar-refractivity contribution in [3.8, 4) is 11.5 Å². The summed E-state index contributed by atoms with van der Waals surface area (Å²) in [6.07, 6.45) is 0. The molecule has 1 atom stereocenters. The van der Waals surface area contributed by atoms with Crippen LogP contribution in [0.4, 0.5) is 0 Å².